The average Bonchev–Trinajstić information content (AvgIpc) is 2.53. The minimum Gasteiger partial charge on any atom is -0.465 e. The van der Waals surface area contributed by atoms with Gasteiger partial charge in [-0.1, -0.05) is 19.3 Å². The highest BCUT2D eigenvalue weighted by Gasteiger charge is 2.23. The van der Waals surface area contributed by atoms with E-state index in [1.54, 1.807) is 6.92 Å². The van der Waals surface area contributed by atoms with Gasteiger partial charge >= 0.3 is 12.0 Å². The molecule has 0 aromatic heterocycles. The number of amides is 2. The number of hydrogen-bond acceptors (Lipinski definition) is 4. The van der Waals surface area contributed by atoms with E-state index in [4.69, 9.17) is 4.74 Å². The zero-order chi connectivity index (χ0) is 13.4. The van der Waals surface area contributed by atoms with E-state index in [0.29, 0.717) is 13.0 Å². The molecule has 2 amide bonds. The van der Waals surface area contributed by atoms with E-state index in [1.807, 2.05) is 0 Å². The second-order valence-electron chi connectivity index (χ2n) is 4.44. The second kappa shape index (κ2) is 7.92. The molecule has 0 saturated heterocycles. The number of carbonyl (C=O) groups is 2. The first-order valence-corrected chi connectivity index (χ1v) is 6.51. The van der Waals surface area contributed by atoms with E-state index in [0.717, 1.165) is 25.7 Å². The largest absolute Gasteiger partial charge is 0.465 e. The van der Waals surface area contributed by atoms with Gasteiger partial charge in [-0.2, -0.15) is 0 Å². The van der Waals surface area contributed by atoms with Crippen LogP contribution in [0.2, 0.25) is 0 Å². The highest BCUT2D eigenvalue weighted by Crippen LogP contribution is 2.17. The Morgan fingerprint density at radius 1 is 1.28 bits per heavy atom. The molecule has 1 aliphatic carbocycles. The maximum absolute atomic E-state index is 11.5. The van der Waals surface area contributed by atoms with Crippen molar-refractivity contribution in [1.29, 1.82) is 0 Å². The predicted octanol–water partition coefficient (Wildman–Crippen LogP) is 0.542. The van der Waals surface area contributed by atoms with Crippen molar-refractivity contribution in [2.75, 3.05) is 13.2 Å². The van der Waals surface area contributed by atoms with E-state index in [-0.39, 0.29) is 12.6 Å². The Labute approximate surface area is 107 Å². The lowest BCUT2D eigenvalue weighted by Crippen LogP contribution is -2.48. The molecule has 0 radical (unpaired) electrons. The molecule has 1 aliphatic rings. The van der Waals surface area contributed by atoms with E-state index in [9.17, 15) is 14.7 Å². The van der Waals surface area contributed by atoms with Gasteiger partial charge < -0.3 is 20.5 Å². The molecule has 18 heavy (non-hydrogen) atoms. The van der Waals surface area contributed by atoms with E-state index in [1.165, 1.54) is 0 Å². The maximum atomic E-state index is 11.5. The number of nitrogens with one attached hydrogen (secondary N) is 2. The first kappa shape index (κ1) is 14.8. The molecule has 0 bridgehead atoms. The highest BCUT2D eigenvalue weighted by atomic mass is 16.5. The number of esters is 1. The number of rotatable bonds is 4. The van der Waals surface area contributed by atoms with Crippen LogP contribution < -0.4 is 10.6 Å². The zero-order valence-electron chi connectivity index (χ0n) is 10.8. The summed E-state index contributed by atoms with van der Waals surface area (Å²) in [5.74, 6) is -0.464. The van der Waals surface area contributed by atoms with Crippen molar-refractivity contribution >= 4 is 12.0 Å². The number of aliphatic hydroxyl groups excluding tert-OH is 1. The lowest BCUT2D eigenvalue weighted by Gasteiger charge is -2.21. The Morgan fingerprint density at radius 3 is 2.72 bits per heavy atom. The molecule has 0 spiro atoms. The fourth-order valence-corrected chi connectivity index (χ4v) is 2.04. The molecule has 0 aromatic rings. The summed E-state index contributed by atoms with van der Waals surface area (Å²) in [6.07, 6.45) is 4.06. The first-order valence-electron chi connectivity index (χ1n) is 6.51. The summed E-state index contributed by atoms with van der Waals surface area (Å²) in [5, 5.41) is 14.9. The van der Waals surface area contributed by atoms with Crippen LogP contribution in [0.25, 0.3) is 0 Å². The van der Waals surface area contributed by atoms with Gasteiger partial charge in [0.25, 0.3) is 0 Å². The first-order chi connectivity index (χ1) is 8.63. The SMILES string of the molecule is CCOC(=O)CNC(=O)NC1CCCCCC1O. The van der Waals surface area contributed by atoms with Crippen LogP contribution in [0.5, 0.6) is 0 Å². The van der Waals surface area contributed by atoms with Crippen molar-refractivity contribution in [3.8, 4) is 0 Å². The summed E-state index contributed by atoms with van der Waals surface area (Å²) in [6, 6.07) is -0.663. The molecule has 0 heterocycles. The molecule has 1 fully saturated rings. The lowest BCUT2D eigenvalue weighted by atomic mass is 10.1. The monoisotopic (exact) mass is 258 g/mol. The topological polar surface area (TPSA) is 87.7 Å². The van der Waals surface area contributed by atoms with Gasteiger partial charge in [0.05, 0.1) is 18.8 Å². The molecule has 1 rings (SSSR count). The van der Waals surface area contributed by atoms with Crippen LogP contribution in [-0.2, 0) is 9.53 Å². The summed E-state index contributed by atoms with van der Waals surface area (Å²) in [7, 11) is 0. The van der Waals surface area contributed by atoms with Gasteiger partial charge in [0.2, 0.25) is 0 Å². The molecule has 2 unspecified atom stereocenters. The normalized spacial score (nSPS) is 23.9. The van der Waals surface area contributed by atoms with Gasteiger partial charge in [0.1, 0.15) is 6.54 Å². The predicted molar refractivity (Wildman–Crippen MR) is 66.0 cm³/mol. The quantitative estimate of drug-likeness (QED) is 0.507. The van der Waals surface area contributed by atoms with Gasteiger partial charge in [-0.25, -0.2) is 4.79 Å². The van der Waals surface area contributed by atoms with Gasteiger partial charge in [-0.15, -0.1) is 0 Å². The maximum Gasteiger partial charge on any atom is 0.325 e. The van der Waals surface area contributed by atoms with Crippen LogP contribution >= 0.6 is 0 Å². The molecular formula is C12H22N2O4. The summed E-state index contributed by atoms with van der Waals surface area (Å²) in [6.45, 7) is 1.85. The third-order valence-corrected chi connectivity index (χ3v) is 2.99. The molecule has 6 nitrogen and oxygen atoms in total. The minimum absolute atomic E-state index is 0.150. The smallest absolute Gasteiger partial charge is 0.325 e. The van der Waals surface area contributed by atoms with Crippen LogP contribution in [0.4, 0.5) is 4.79 Å². The lowest BCUT2D eigenvalue weighted by molar-refractivity contribution is -0.141. The third kappa shape index (κ3) is 5.35. The number of ether oxygens (including phenoxy) is 1. The van der Waals surface area contributed by atoms with Crippen molar-refractivity contribution in [1.82, 2.24) is 10.6 Å². The second-order valence-corrected chi connectivity index (χ2v) is 4.44. The summed E-state index contributed by atoms with van der Waals surface area (Å²) in [4.78, 5) is 22.6. The molecule has 104 valence electrons. The number of carbonyl (C=O) groups excluding carboxylic acids is 2. The van der Waals surface area contributed by atoms with Gasteiger partial charge in [-0.3, -0.25) is 4.79 Å². The summed E-state index contributed by atoms with van der Waals surface area (Å²) >= 11 is 0. The molecule has 6 heteroatoms. The van der Waals surface area contributed by atoms with Crippen molar-refractivity contribution in [2.45, 2.75) is 51.2 Å². The minimum atomic E-state index is -0.499. The fraction of sp³-hybridized carbons (Fsp3) is 0.833. The Kier molecular flexibility index (Phi) is 6.49. The van der Waals surface area contributed by atoms with E-state index >= 15 is 0 Å². The van der Waals surface area contributed by atoms with Crippen molar-refractivity contribution < 1.29 is 19.4 Å². The Hall–Kier alpha value is -1.30. The van der Waals surface area contributed by atoms with Crippen molar-refractivity contribution in [3.05, 3.63) is 0 Å². The number of aliphatic hydroxyl groups is 1. The number of hydrogen-bond donors (Lipinski definition) is 3. The Bertz CT molecular complexity index is 283. The molecule has 3 N–H and O–H groups in total. The molecule has 2 atom stereocenters. The van der Waals surface area contributed by atoms with Crippen LogP contribution in [0.15, 0.2) is 0 Å². The van der Waals surface area contributed by atoms with Crippen molar-refractivity contribution in [3.63, 3.8) is 0 Å². The third-order valence-electron chi connectivity index (χ3n) is 2.99. The highest BCUT2D eigenvalue weighted by molar-refractivity contribution is 5.80. The molecule has 0 aromatic carbocycles. The standard InChI is InChI=1S/C12H22N2O4/c1-2-18-11(16)8-13-12(17)14-9-6-4-3-5-7-10(9)15/h9-10,15H,2-8H2,1H3,(H2,13,14,17). The molecule has 1 saturated carbocycles. The summed E-state index contributed by atoms with van der Waals surface area (Å²) in [5.41, 5.74) is 0. The number of urea groups is 1. The Morgan fingerprint density at radius 2 is 2.00 bits per heavy atom. The van der Waals surface area contributed by atoms with Crippen LogP contribution in [-0.4, -0.2) is 42.4 Å². The van der Waals surface area contributed by atoms with Crippen molar-refractivity contribution in [2.24, 2.45) is 0 Å². The zero-order valence-corrected chi connectivity index (χ0v) is 10.8. The van der Waals surface area contributed by atoms with E-state index < -0.39 is 18.1 Å². The van der Waals surface area contributed by atoms with Crippen LogP contribution in [0.1, 0.15) is 39.0 Å². The Balaban J connectivity index is 2.27. The van der Waals surface area contributed by atoms with E-state index in [2.05, 4.69) is 10.6 Å². The van der Waals surface area contributed by atoms with Crippen LogP contribution in [0.3, 0.4) is 0 Å². The van der Waals surface area contributed by atoms with Gasteiger partial charge in [0, 0.05) is 0 Å². The molecular weight excluding hydrogens is 236 g/mol. The summed E-state index contributed by atoms with van der Waals surface area (Å²) < 4.78 is 4.69. The van der Waals surface area contributed by atoms with Gasteiger partial charge in [-0.05, 0) is 19.8 Å². The van der Waals surface area contributed by atoms with Crippen LogP contribution in [0, 0.1) is 0 Å². The molecule has 0 aliphatic heterocycles. The fourth-order valence-electron chi connectivity index (χ4n) is 2.04. The average molecular weight is 258 g/mol. The van der Waals surface area contributed by atoms with Gasteiger partial charge in [0.15, 0.2) is 0 Å².